The molecule has 280 valence electrons. The number of aromatic nitrogens is 4. The highest BCUT2D eigenvalue weighted by Gasteiger charge is 2.22. The van der Waals surface area contributed by atoms with Gasteiger partial charge in [0.2, 0.25) is 5.95 Å². The van der Waals surface area contributed by atoms with Crippen molar-refractivity contribution in [3.05, 3.63) is 218 Å². The molecule has 0 aliphatic carbocycles. The quantitative estimate of drug-likeness (QED) is 0.169. The number of nitrogens with zero attached hydrogens (tertiary/aromatic N) is 4. The number of para-hydroxylation sites is 3. The van der Waals surface area contributed by atoms with Crippen LogP contribution in [0.2, 0.25) is 0 Å². The van der Waals surface area contributed by atoms with Crippen molar-refractivity contribution in [2.75, 3.05) is 0 Å². The van der Waals surface area contributed by atoms with Gasteiger partial charge in [0.05, 0.1) is 33.3 Å². The number of hydrogen-bond donors (Lipinski definition) is 0. The number of rotatable bonds is 6. The van der Waals surface area contributed by atoms with Crippen LogP contribution in [0.3, 0.4) is 0 Å². The Labute approximate surface area is 346 Å². The predicted octanol–water partition coefficient (Wildman–Crippen LogP) is 14.5. The van der Waals surface area contributed by atoms with E-state index in [1.165, 1.54) is 33.0 Å². The summed E-state index contributed by atoms with van der Waals surface area (Å²) in [5.74, 6) is 0.644. The van der Waals surface area contributed by atoms with E-state index in [9.17, 15) is 0 Å². The molecule has 0 radical (unpaired) electrons. The van der Waals surface area contributed by atoms with Crippen molar-refractivity contribution in [3.63, 3.8) is 0 Å². The number of benzene rings is 9. The fourth-order valence-electron chi connectivity index (χ4n) is 9.14. The van der Waals surface area contributed by atoms with Crippen LogP contribution >= 0.6 is 0 Å². The molecule has 12 rings (SSSR count). The van der Waals surface area contributed by atoms with E-state index in [4.69, 9.17) is 9.97 Å². The van der Waals surface area contributed by atoms with Gasteiger partial charge in [-0.2, -0.15) is 0 Å². The molecule has 4 heteroatoms. The normalized spacial score (nSPS) is 11.7. The third-order valence-electron chi connectivity index (χ3n) is 11.9. The first-order chi connectivity index (χ1) is 29.8. The third kappa shape index (κ3) is 5.46. The summed E-state index contributed by atoms with van der Waals surface area (Å²) in [5.41, 5.74) is 15.4. The van der Waals surface area contributed by atoms with E-state index in [1.807, 2.05) is 0 Å². The maximum absolute atomic E-state index is 5.48. The van der Waals surface area contributed by atoms with Crippen LogP contribution in [0.4, 0.5) is 0 Å². The maximum atomic E-state index is 5.48. The topological polar surface area (TPSA) is 35.6 Å². The minimum Gasteiger partial charge on any atom is -0.309 e. The summed E-state index contributed by atoms with van der Waals surface area (Å²) in [6, 6.07) is 77.9. The van der Waals surface area contributed by atoms with Crippen LogP contribution in [0.5, 0.6) is 0 Å². The van der Waals surface area contributed by atoms with Crippen LogP contribution < -0.4 is 0 Å². The molecule has 4 nitrogen and oxygen atoms in total. The Morgan fingerprint density at radius 1 is 0.283 bits per heavy atom. The average molecular weight is 765 g/mol. The van der Waals surface area contributed by atoms with Crippen molar-refractivity contribution in [3.8, 4) is 56.3 Å². The summed E-state index contributed by atoms with van der Waals surface area (Å²) < 4.78 is 4.69. The lowest BCUT2D eigenvalue weighted by Crippen LogP contribution is -2.04. The van der Waals surface area contributed by atoms with Gasteiger partial charge in [-0.25, -0.2) is 9.97 Å². The molecular formula is C56H36N4. The van der Waals surface area contributed by atoms with Crippen molar-refractivity contribution in [1.29, 1.82) is 0 Å². The van der Waals surface area contributed by atoms with Crippen LogP contribution in [0.25, 0.3) is 111 Å². The van der Waals surface area contributed by atoms with E-state index in [2.05, 4.69) is 228 Å². The molecule has 0 amide bonds. The molecule has 60 heavy (non-hydrogen) atoms. The van der Waals surface area contributed by atoms with Crippen molar-refractivity contribution < 1.29 is 0 Å². The van der Waals surface area contributed by atoms with Gasteiger partial charge < -0.3 is 4.57 Å². The molecule has 12 aromatic rings. The van der Waals surface area contributed by atoms with E-state index < -0.39 is 0 Å². The minimum absolute atomic E-state index is 0.644. The van der Waals surface area contributed by atoms with Crippen molar-refractivity contribution >= 4 is 54.5 Å². The Kier molecular flexibility index (Phi) is 7.82. The zero-order chi connectivity index (χ0) is 39.6. The van der Waals surface area contributed by atoms with E-state index in [0.29, 0.717) is 5.95 Å². The summed E-state index contributed by atoms with van der Waals surface area (Å²) in [6.45, 7) is 0. The maximum Gasteiger partial charge on any atom is 0.235 e. The molecule has 0 spiro atoms. The van der Waals surface area contributed by atoms with Crippen LogP contribution in [0.15, 0.2) is 218 Å². The SMILES string of the molecule is c1ccc(-c2ccc(-c3cccc(-n4c5ccccc5c5cc6c(cc54)c4ccccc4n6-c4nc(-c5ccccc5)c5cccc(-c6ccccc6)c5n4)c3)cc2)cc1. The number of fused-ring (bicyclic) bond motifs is 7. The van der Waals surface area contributed by atoms with Gasteiger partial charge in [0, 0.05) is 43.7 Å². The van der Waals surface area contributed by atoms with Crippen molar-refractivity contribution in [2.24, 2.45) is 0 Å². The smallest absolute Gasteiger partial charge is 0.235 e. The lowest BCUT2D eigenvalue weighted by molar-refractivity contribution is 1.01. The zero-order valence-corrected chi connectivity index (χ0v) is 32.6. The fraction of sp³-hybridized carbons (Fsp3) is 0. The molecule has 9 aromatic carbocycles. The van der Waals surface area contributed by atoms with Crippen molar-refractivity contribution in [1.82, 2.24) is 19.1 Å². The first kappa shape index (κ1) is 34.0. The van der Waals surface area contributed by atoms with Gasteiger partial charge in [-0.15, -0.1) is 0 Å². The van der Waals surface area contributed by atoms with E-state index >= 15 is 0 Å². The Bertz CT molecular complexity index is 3570. The van der Waals surface area contributed by atoms with E-state index in [-0.39, 0.29) is 0 Å². The van der Waals surface area contributed by atoms with Gasteiger partial charge in [0.15, 0.2) is 0 Å². The molecule has 0 unspecified atom stereocenters. The Hall–Kier alpha value is -8.08. The van der Waals surface area contributed by atoms with Gasteiger partial charge in [-0.05, 0) is 64.2 Å². The van der Waals surface area contributed by atoms with Crippen LogP contribution in [0.1, 0.15) is 0 Å². The molecule has 0 aliphatic heterocycles. The largest absolute Gasteiger partial charge is 0.309 e. The molecule has 3 heterocycles. The first-order valence-corrected chi connectivity index (χ1v) is 20.4. The lowest BCUT2D eigenvalue weighted by Gasteiger charge is -2.14. The summed E-state index contributed by atoms with van der Waals surface area (Å²) >= 11 is 0. The van der Waals surface area contributed by atoms with Crippen LogP contribution in [-0.2, 0) is 0 Å². The van der Waals surface area contributed by atoms with E-state index in [1.54, 1.807) is 0 Å². The summed E-state index contributed by atoms with van der Waals surface area (Å²) in [5, 5.41) is 5.69. The van der Waals surface area contributed by atoms with Gasteiger partial charge in [-0.3, -0.25) is 4.57 Å². The molecule has 0 fully saturated rings. The molecule has 0 aliphatic rings. The molecule has 3 aromatic heterocycles. The molecule has 0 saturated carbocycles. The second kappa shape index (κ2) is 13.8. The molecule has 0 atom stereocenters. The third-order valence-corrected chi connectivity index (χ3v) is 11.9. The van der Waals surface area contributed by atoms with Gasteiger partial charge >= 0.3 is 0 Å². The highest BCUT2D eigenvalue weighted by Crippen LogP contribution is 2.41. The zero-order valence-electron chi connectivity index (χ0n) is 32.6. The Morgan fingerprint density at radius 2 is 0.767 bits per heavy atom. The summed E-state index contributed by atoms with van der Waals surface area (Å²) in [4.78, 5) is 10.9. The van der Waals surface area contributed by atoms with Crippen molar-refractivity contribution in [2.45, 2.75) is 0 Å². The standard InChI is InChI=1S/C56H36N4/c1-4-16-37(17-5-1)38-30-32-39(33-31-38)42-22-14-23-43(34-42)59-50-28-12-10-24-45(50)48-36-53-49(35-52(48)59)46-25-11-13-29-51(46)60(53)56-57-54(41-20-8-3-9-21-41)47-27-15-26-44(55(47)58-56)40-18-6-2-7-19-40/h1-36H. The van der Waals surface area contributed by atoms with Gasteiger partial charge in [0.1, 0.15) is 0 Å². The summed E-state index contributed by atoms with van der Waals surface area (Å²) in [6.07, 6.45) is 0. The minimum atomic E-state index is 0.644. The predicted molar refractivity (Wildman–Crippen MR) is 250 cm³/mol. The Morgan fingerprint density at radius 3 is 1.43 bits per heavy atom. The molecule has 0 N–H and O–H groups in total. The molecule has 0 saturated heterocycles. The lowest BCUT2D eigenvalue weighted by atomic mass is 9.99. The van der Waals surface area contributed by atoms with Gasteiger partial charge in [0.25, 0.3) is 0 Å². The second-order valence-electron chi connectivity index (χ2n) is 15.4. The number of hydrogen-bond acceptors (Lipinski definition) is 2. The van der Waals surface area contributed by atoms with Crippen LogP contribution in [-0.4, -0.2) is 19.1 Å². The average Bonchev–Trinajstić information content (AvgIpc) is 3.83. The fourth-order valence-corrected chi connectivity index (χ4v) is 9.14. The highest BCUT2D eigenvalue weighted by atomic mass is 15.2. The highest BCUT2D eigenvalue weighted by molar-refractivity contribution is 6.19. The first-order valence-electron chi connectivity index (χ1n) is 20.4. The van der Waals surface area contributed by atoms with Crippen LogP contribution in [0, 0.1) is 0 Å². The van der Waals surface area contributed by atoms with E-state index in [0.717, 1.165) is 71.8 Å². The second-order valence-corrected chi connectivity index (χ2v) is 15.4. The molecule has 0 bridgehead atoms. The molecular weight excluding hydrogens is 729 g/mol. The monoisotopic (exact) mass is 764 g/mol. The van der Waals surface area contributed by atoms with Gasteiger partial charge in [-0.1, -0.05) is 182 Å². The Balaban J connectivity index is 1.09. The summed E-state index contributed by atoms with van der Waals surface area (Å²) in [7, 11) is 0.